The molecule has 3 rings (SSSR count). The van der Waals surface area contributed by atoms with Crippen molar-refractivity contribution in [3.8, 4) is 5.75 Å². The van der Waals surface area contributed by atoms with Gasteiger partial charge in [0.25, 0.3) is 11.1 Å². The summed E-state index contributed by atoms with van der Waals surface area (Å²) in [5, 5.41) is 20.0. The normalized spacial score (nSPS) is 15.7. The highest BCUT2D eigenvalue weighted by Crippen LogP contribution is 2.35. The van der Waals surface area contributed by atoms with Crippen LogP contribution in [-0.2, 0) is 11.3 Å². The summed E-state index contributed by atoms with van der Waals surface area (Å²) < 4.78 is 0.842. The Hall–Kier alpha value is -2.65. The van der Waals surface area contributed by atoms with Gasteiger partial charge in [-0.2, -0.15) is 0 Å². The molecule has 0 aromatic heterocycles. The highest BCUT2D eigenvalue weighted by atomic mass is 79.9. The number of thioether (sulfide) groups is 1. The number of phenols is 1. The van der Waals surface area contributed by atoms with Crippen molar-refractivity contribution in [2.24, 2.45) is 0 Å². The van der Waals surface area contributed by atoms with Crippen LogP contribution in [0.2, 0.25) is 0 Å². The Morgan fingerprint density at radius 2 is 2.00 bits per heavy atom. The van der Waals surface area contributed by atoms with Crippen molar-refractivity contribution in [1.82, 2.24) is 4.90 Å². The smallest absolute Gasteiger partial charge is 0.311 e. The molecule has 0 spiro atoms. The fourth-order valence-corrected chi connectivity index (χ4v) is 3.67. The van der Waals surface area contributed by atoms with Crippen LogP contribution in [0, 0.1) is 10.1 Å². The number of nitro benzene ring substituents is 1. The number of benzene rings is 2. The number of nitrogens with zero attached hydrogens (tertiary/aromatic N) is 2. The van der Waals surface area contributed by atoms with E-state index < -0.39 is 27.5 Å². The lowest BCUT2D eigenvalue weighted by Gasteiger charge is -2.12. The molecule has 0 unspecified atom stereocenters. The number of hydrogen-bond acceptors (Lipinski definition) is 6. The van der Waals surface area contributed by atoms with E-state index in [1.807, 2.05) is 18.2 Å². The molecule has 1 aliphatic rings. The molecule has 0 saturated carbocycles. The molecule has 0 bridgehead atoms. The second-order valence-electron chi connectivity index (χ2n) is 5.40. The summed E-state index contributed by atoms with van der Waals surface area (Å²) in [4.78, 5) is 36.2. The van der Waals surface area contributed by atoms with Crippen molar-refractivity contribution < 1.29 is 19.6 Å². The van der Waals surface area contributed by atoms with Crippen LogP contribution in [0.1, 0.15) is 11.1 Å². The molecular weight excluding hydrogens is 424 g/mol. The molecule has 0 aliphatic carbocycles. The van der Waals surface area contributed by atoms with Gasteiger partial charge in [-0.25, -0.2) is 0 Å². The molecule has 1 aliphatic heterocycles. The van der Waals surface area contributed by atoms with Gasteiger partial charge in [0.2, 0.25) is 0 Å². The topological polar surface area (TPSA) is 101 Å². The molecular formula is C17H11BrN2O5S. The summed E-state index contributed by atoms with van der Waals surface area (Å²) in [7, 11) is 0. The maximum atomic E-state index is 12.5. The number of imide groups is 1. The Balaban J connectivity index is 1.85. The first-order valence-corrected chi connectivity index (χ1v) is 8.93. The van der Waals surface area contributed by atoms with Crippen LogP contribution in [0.4, 0.5) is 10.5 Å². The maximum Gasteiger partial charge on any atom is 0.311 e. The Morgan fingerprint density at radius 3 is 2.69 bits per heavy atom. The fourth-order valence-electron chi connectivity index (χ4n) is 2.38. The lowest BCUT2D eigenvalue weighted by atomic mass is 10.1. The van der Waals surface area contributed by atoms with Gasteiger partial charge in [0.05, 0.1) is 16.4 Å². The minimum atomic E-state index is -0.717. The average Bonchev–Trinajstić information content (AvgIpc) is 2.84. The Kier molecular flexibility index (Phi) is 5.10. The van der Waals surface area contributed by atoms with Crippen molar-refractivity contribution >= 4 is 50.6 Å². The summed E-state index contributed by atoms with van der Waals surface area (Å²) >= 11 is 4.11. The molecule has 0 radical (unpaired) electrons. The second-order valence-corrected chi connectivity index (χ2v) is 7.31. The standard InChI is InChI=1S/C17H11BrN2O5S/c18-12-3-1-2-11(6-12)9-19-16(22)15(26-17(19)23)8-10-4-5-14(21)13(7-10)20(24)25/h1-8,21H,9H2/b15-8+. The highest BCUT2D eigenvalue weighted by Gasteiger charge is 2.35. The predicted molar refractivity (Wildman–Crippen MR) is 100 cm³/mol. The summed E-state index contributed by atoms with van der Waals surface area (Å²) in [6, 6.07) is 11.0. The van der Waals surface area contributed by atoms with Gasteiger partial charge in [0.15, 0.2) is 5.75 Å². The number of aromatic hydroxyl groups is 1. The number of halogens is 1. The molecule has 1 saturated heterocycles. The van der Waals surface area contributed by atoms with Crippen molar-refractivity contribution in [1.29, 1.82) is 0 Å². The van der Waals surface area contributed by atoms with E-state index in [9.17, 15) is 24.8 Å². The molecule has 2 amide bonds. The molecule has 1 N–H and O–H groups in total. The average molecular weight is 435 g/mol. The molecule has 1 heterocycles. The van der Waals surface area contributed by atoms with E-state index in [0.717, 1.165) is 32.8 Å². The van der Waals surface area contributed by atoms with Crippen molar-refractivity contribution in [3.63, 3.8) is 0 Å². The van der Waals surface area contributed by atoms with Gasteiger partial charge in [0.1, 0.15) is 0 Å². The number of hydrogen-bond donors (Lipinski definition) is 1. The van der Waals surface area contributed by atoms with Gasteiger partial charge in [-0.05, 0) is 47.2 Å². The molecule has 9 heteroatoms. The number of amides is 2. The third kappa shape index (κ3) is 3.78. The third-order valence-corrected chi connectivity index (χ3v) is 5.00. The van der Waals surface area contributed by atoms with Gasteiger partial charge in [0, 0.05) is 10.5 Å². The minimum Gasteiger partial charge on any atom is -0.502 e. The van der Waals surface area contributed by atoms with Crippen LogP contribution in [0.3, 0.4) is 0 Å². The van der Waals surface area contributed by atoms with E-state index in [4.69, 9.17) is 0 Å². The van der Waals surface area contributed by atoms with Crippen LogP contribution in [0.15, 0.2) is 51.8 Å². The molecule has 132 valence electrons. The lowest BCUT2D eigenvalue weighted by Crippen LogP contribution is -2.27. The first-order chi connectivity index (χ1) is 12.3. The van der Waals surface area contributed by atoms with Crippen LogP contribution in [-0.4, -0.2) is 26.1 Å². The highest BCUT2D eigenvalue weighted by molar-refractivity contribution is 9.10. The van der Waals surface area contributed by atoms with Gasteiger partial charge in [-0.1, -0.05) is 34.1 Å². The Labute approximate surface area is 160 Å². The largest absolute Gasteiger partial charge is 0.502 e. The SMILES string of the molecule is O=C1S/C(=C/c2ccc(O)c([N+](=O)[O-])c2)C(=O)N1Cc1cccc(Br)c1. The molecule has 26 heavy (non-hydrogen) atoms. The third-order valence-electron chi connectivity index (χ3n) is 3.60. The zero-order chi connectivity index (χ0) is 18.8. The first kappa shape index (κ1) is 18.2. The summed E-state index contributed by atoms with van der Waals surface area (Å²) in [5.74, 6) is -0.925. The first-order valence-electron chi connectivity index (χ1n) is 7.32. The predicted octanol–water partition coefficient (Wildman–Crippen LogP) is 4.30. The van der Waals surface area contributed by atoms with Crippen molar-refractivity contribution in [3.05, 3.63) is 73.1 Å². The number of carbonyl (C=O) groups is 2. The molecule has 0 atom stereocenters. The quantitative estimate of drug-likeness (QED) is 0.437. The van der Waals surface area contributed by atoms with E-state index in [1.165, 1.54) is 18.2 Å². The van der Waals surface area contributed by atoms with E-state index in [2.05, 4.69) is 15.9 Å². The molecule has 2 aromatic rings. The molecule has 2 aromatic carbocycles. The van der Waals surface area contributed by atoms with E-state index in [-0.39, 0.29) is 11.4 Å². The van der Waals surface area contributed by atoms with Crippen LogP contribution in [0.5, 0.6) is 5.75 Å². The van der Waals surface area contributed by atoms with Crippen molar-refractivity contribution in [2.45, 2.75) is 6.54 Å². The van der Waals surface area contributed by atoms with Gasteiger partial charge in [-0.3, -0.25) is 24.6 Å². The number of rotatable bonds is 4. The fraction of sp³-hybridized carbons (Fsp3) is 0.0588. The number of phenolic OH excluding ortho intramolecular Hbond substituents is 1. The number of carbonyl (C=O) groups excluding carboxylic acids is 2. The zero-order valence-electron chi connectivity index (χ0n) is 13.1. The lowest BCUT2D eigenvalue weighted by molar-refractivity contribution is -0.385. The van der Waals surface area contributed by atoms with E-state index >= 15 is 0 Å². The van der Waals surface area contributed by atoms with E-state index in [0.29, 0.717) is 5.56 Å². The summed E-state index contributed by atoms with van der Waals surface area (Å²) in [6.45, 7) is 0.136. The maximum absolute atomic E-state index is 12.5. The van der Waals surface area contributed by atoms with E-state index in [1.54, 1.807) is 6.07 Å². The van der Waals surface area contributed by atoms with Gasteiger partial charge in [-0.15, -0.1) is 0 Å². The van der Waals surface area contributed by atoms with Crippen LogP contribution >= 0.6 is 27.7 Å². The van der Waals surface area contributed by atoms with Gasteiger partial charge >= 0.3 is 5.69 Å². The Bertz CT molecular complexity index is 960. The second kappa shape index (κ2) is 7.30. The molecule has 1 fully saturated rings. The van der Waals surface area contributed by atoms with Crippen LogP contribution in [0.25, 0.3) is 6.08 Å². The van der Waals surface area contributed by atoms with Gasteiger partial charge < -0.3 is 5.11 Å². The Morgan fingerprint density at radius 1 is 1.23 bits per heavy atom. The monoisotopic (exact) mass is 434 g/mol. The molecule has 7 nitrogen and oxygen atoms in total. The number of nitro groups is 1. The van der Waals surface area contributed by atoms with Crippen molar-refractivity contribution in [2.75, 3.05) is 0 Å². The summed E-state index contributed by atoms with van der Waals surface area (Å²) in [6.07, 6.45) is 1.40. The zero-order valence-corrected chi connectivity index (χ0v) is 15.5. The van der Waals surface area contributed by atoms with Crippen LogP contribution < -0.4 is 0 Å². The minimum absolute atomic E-state index is 0.136. The summed E-state index contributed by atoms with van der Waals surface area (Å²) in [5.41, 5.74) is 0.678.